The molecule has 1 unspecified atom stereocenters. The summed E-state index contributed by atoms with van der Waals surface area (Å²) in [6, 6.07) is 28.4. The van der Waals surface area contributed by atoms with Crippen LogP contribution >= 0.6 is 23.2 Å². The Hall–Kier alpha value is -4.89. The van der Waals surface area contributed by atoms with Gasteiger partial charge in [-0.3, -0.25) is 5.32 Å². The van der Waals surface area contributed by atoms with E-state index in [2.05, 4.69) is 15.6 Å². The molecular formula is C34H27Cl2N5O3. The van der Waals surface area contributed by atoms with Gasteiger partial charge in [0.2, 0.25) is 0 Å². The Bertz CT molecular complexity index is 1990. The zero-order chi connectivity index (χ0) is 30.8. The van der Waals surface area contributed by atoms with Gasteiger partial charge >= 0.3 is 6.03 Å². The Morgan fingerprint density at radius 1 is 0.886 bits per heavy atom. The van der Waals surface area contributed by atoms with E-state index in [0.29, 0.717) is 49.6 Å². The number of halogens is 2. The molecule has 0 aliphatic carbocycles. The van der Waals surface area contributed by atoms with Crippen LogP contribution in [-0.2, 0) is 12.6 Å². The van der Waals surface area contributed by atoms with Gasteiger partial charge in [0.05, 0.1) is 30.8 Å². The summed E-state index contributed by atoms with van der Waals surface area (Å²) in [4.78, 5) is 22.0. The highest BCUT2D eigenvalue weighted by Gasteiger charge is 2.37. The number of amides is 2. The van der Waals surface area contributed by atoms with E-state index < -0.39 is 11.6 Å². The lowest BCUT2D eigenvalue weighted by Crippen LogP contribution is -2.31. The first-order chi connectivity index (χ1) is 21.2. The van der Waals surface area contributed by atoms with E-state index in [1.54, 1.807) is 84.9 Å². The standard InChI is InChI=1S/C34H27Cl2N5O3/c1-41-20-37-19-31(41)34(43,22-9-12-24(35)13-10-22)23-11-14-30-29(16-23)28(21-5-3-6-25(36)15-21)18-32(39-30)40-33(42)38-26-7-4-8-27(17-26)44-2/h3-20,43H,1-2H3,(H2,38,39,40,42). The number of carbonyl (C=O) groups is 1. The van der Waals surface area contributed by atoms with Crippen LogP contribution in [0.1, 0.15) is 16.8 Å². The third-order valence-corrected chi connectivity index (χ3v) is 7.87. The number of carbonyl (C=O) groups excluding carboxylic acids is 1. The van der Waals surface area contributed by atoms with E-state index in [1.165, 1.54) is 0 Å². The molecule has 220 valence electrons. The predicted molar refractivity (Wildman–Crippen MR) is 175 cm³/mol. The van der Waals surface area contributed by atoms with Gasteiger partial charge in [0, 0.05) is 34.2 Å². The van der Waals surface area contributed by atoms with E-state index in [9.17, 15) is 9.90 Å². The van der Waals surface area contributed by atoms with Crippen molar-refractivity contribution in [1.29, 1.82) is 0 Å². The van der Waals surface area contributed by atoms with Gasteiger partial charge in [-0.1, -0.05) is 59.6 Å². The zero-order valence-electron chi connectivity index (χ0n) is 23.8. The second-order valence-electron chi connectivity index (χ2n) is 10.2. The molecule has 6 rings (SSSR count). The molecule has 2 amide bonds. The van der Waals surface area contributed by atoms with Crippen molar-refractivity contribution in [2.45, 2.75) is 5.60 Å². The second kappa shape index (κ2) is 12.0. The molecule has 44 heavy (non-hydrogen) atoms. The molecule has 8 nitrogen and oxygen atoms in total. The average Bonchev–Trinajstić information content (AvgIpc) is 3.46. The summed E-state index contributed by atoms with van der Waals surface area (Å²) in [7, 11) is 3.39. The first kappa shape index (κ1) is 29.2. The minimum absolute atomic E-state index is 0.334. The van der Waals surface area contributed by atoms with E-state index in [-0.39, 0.29) is 0 Å². The van der Waals surface area contributed by atoms with E-state index in [4.69, 9.17) is 32.9 Å². The SMILES string of the molecule is COc1cccc(NC(=O)Nc2cc(-c3cccc(Cl)c3)c3cc(C(O)(c4ccc(Cl)cc4)c4cncn4C)ccc3n2)c1. The number of urea groups is 1. The number of aromatic nitrogens is 3. The second-order valence-corrected chi connectivity index (χ2v) is 11.1. The van der Waals surface area contributed by atoms with Crippen molar-refractivity contribution >= 4 is 51.6 Å². The lowest BCUT2D eigenvalue weighted by Gasteiger charge is -2.30. The Balaban J connectivity index is 1.47. The molecule has 0 spiro atoms. The van der Waals surface area contributed by atoms with Crippen molar-refractivity contribution in [2.24, 2.45) is 7.05 Å². The molecule has 0 saturated heterocycles. The van der Waals surface area contributed by atoms with Crippen LogP contribution in [0.15, 0.2) is 110 Å². The van der Waals surface area contributed by atoms with Crippen LogP contribution in [0, 0.1) is 0 Å². The minimum Gasteiger partial charge on any atom is -0.497 e. The summed E-state index contributed by atoms with van der Waals surface area (Å²) < 4.78 is 7.03. The highest BCUT2D eigenvalue weighted by atomic mass is 35.5. The van der Waals surface area contributed by atoms with Crippen molar-refractivity contribution in [3.8, 4) is 16.9 Å². The highest BCUT2D eigenvalue weighted by Crippen LogP contribution is 2.40. The fraction of sp³-hybridized carbons (Fsp3) is 0.0882. The average molecular weight is 625 g/mol. The maximum Gasteiger partial charge on any atom is 0.324 e. The van der Waals surface area contributed by atoms with Crippen molar-refractivity contribution in [2.75, 3.05) is 17.7 Å². The number of anilines is 2. The molecule has 2 heterocycles. The Morgan fingerprint density at radius 3 is 2.39 bits per heavy atom. The smallest absolute Gasteiger partial charge is 0.324 e. The van der Waals surface area contributed by atoms with Crippen molar-refractivity contribution in [3.63, 3.8) is 0 Å². The van der Waals surface area contributed by atoms with Crippen molar-refractivity contribution in [3.05, 3.63) is 136 Å². The van der Waals surface area contributed by atoms with Crippen LogP contribution < -0.4 is 15.4 Å². The van der Waals surface area contributed by atoms with Gasteiger partial charge in [-0.2, -0.15) is 0 Å². The van der Waals surface area contributed by atoms with Crippen LogP contribution in [0.25, 0.3) is 22.0 Å². The monoisotopic (exact) mass is 623 g/mol. The van der Waals surface area contributed by atoms with E-state index in [1.807, 2.05) is 43.4 Å². The molecule has 4 aromatic carbocycles. The molecule has 6 aromatic rings. The molecule has 0 saturated carbocycles. The minimum atomic E-state index is -1.57. The third-order valence-electron chi connectivity index (χ3n) is 7.38. The van der Waals surface area contributed by atoms with Crippen LogP contribution in [0.5, 0.6) is 5.75 Å². The number of pyridine rings is 1. The fourth-order valence-electron chi connectivity index (χ4n) is 5.25. The van der Waals surface area contributed by atoms with Crippen molar-refractivity contribution < 1.29 is 14.6 Å². The number of rotatable bonds is 7. The lowest BCUT2D eigenvalue weighted by molar-refractivity contribution is 0.117. The number of imidazole rings is 1. The summed E-state index contributed by atoms with van der Waals surface area (Å²) >= 11 is 12.6. The van der Waals surface area contributed by atoms with Gasteiger partial charge < -0.3 is 19.7 Å². The molecule has 0 aliphatic heterocycles. The normalized spacial score (nSPS) is 12.5. The summed E-state index contributed by atoms with van der Waals surface area (Å²) in [5.74, 6) is 0.954. The maximum atomic E-state index is 13.0. The number of hydrogen-bond acceptors (Lipinski definition) is 5. The molecule has 0 radical (unpaired) electrons. The number of aryl methyl sites for hydroxylation is 1. The van der Waals surface area contributed by atoms with Crippen LogP contribution in [0.4, 0.5) is 16.3 Å². The topological polar surface area (TPSA) is 101 Å². The van der Waals surface area contributed by atoms with Gasteiger partial charge in [-0.05, 0) is 76.9 Å². The van der Waals surface area contributed by atoms with E-state index in [0.717, 1.165) is 16.5 Å². The number of benzene rings is 4. The number of hydrogen-bond donors (Lipinski definition) is 3. The number of ether oxygens (including phenoxy) is 1. The number of methoxy groups -OCH3 is 1. The first-order valence-corrected chi connectivity index (χ1v) is 14.4. The molecular weight excluding hydrogens is 597 g/mol. The zero-order valence-corrected chi connectivity index (χ0v) is 25.3. The third kappa shape index (κ3) is 5.70. The predicted octanol–water partition coefficient (Wildman–Crippen LogP) is 7.88. The number of fused-ring (bicyclic) bond motifs is 1. The quantitative estimate of drug-likeness (QED) is 0.168. The van der Waals surface area contributed by atoms with Crippen LogP contribution in [-0.4, -0.2) is 32.8 Å². The molecule has 0 aliphatic rings. The molecule has 2 aromatic heterocycles. The van der Waals surface area contributed by atoms with Crippen molar-refractivity contribution in [1.82, 2.24) is 14.5 Å². The highest BCUT2D eigenvalue weighted by molar-refractivity contribution is 6.31. The maximum absolute atomic E-state index is 13.0. The molecule has 10 heteroatoms. The number of aliphatic hydroxyl groups is 1. The van der Waals surface area contributed by atoms with Crippen LogP contribution in [0.3, 0.4) is 0 Å². The number of nitrogens with one attached hydrogen (secondary N) is 2. The summed E-state index contributed by atoms with van der Waals surface area (Å²) in [5, 5.41) is 20.0. The summed E-state index contributed by atoms with van der Waals surface area (Å²) in [5.41, 5.74) is 2.97. The Labute approximate surface area is 263 Å². The summed E-state index contributed by atoms with van der Waals surface area (Å²) in [6.45, 7) is 0. The van der Waals surface area contributed by atoms with E-state index >= 15 is 0 Å². The Morgan fingerprint density at radius 2 is 1.66 bits per heavy atom. The molecule has 0 fully saturated rings. The van der Waals surface area contributed by atoms with Gasteiger partial charge in [0.25, 0.3) is 0 Å². The van der Waals surface area contributed by atoms with Gasteiger partial charge in [0.1, 0.15) is 11.6 Å². The summed E-state index contributed by atoms with van der Waals surface area (Å²) in [6.07, 6.45) is 3.29. The van der Waals surface area contributed by atoms with Gasteiger partial charge in [-0.25, -0.2) is 14.8 Å². The molecule has 1 atom stereocenters. The van der Waals surface area contributed by atoms with Gasteiger partial charge in [0.15, 0.2) is 5.60 Å². The lowest BCUT2D eigenvalue weighted by atomic mass is 9.82. The fourth-order valence-corrected chi connectivity index (χ4v) is 5.56. The molecule has 3 N–H and O–H groups in total. The molecule has 0 bridgehead atoms. The Kier molecular flexibility index (Phi) is 7.97. The number of nitrogens with zero attached hydrogens (tertiary/aromatic N) is 3. The largest absolute Gasteiger partial charge is 0.497 e. The van der Waals surface area contributed by atoms with Gasteiger partial charge in [-0.15, -0.1) is 0 Å². The van der Waals surface area contributed by atoms with Crippen LogP contribution in [0.2, 0.25) is 10.0 Å². The first-order valence-electron chi connectivity index (χ1n) is 13.6.